The van der Waals surface area contributed by atoms with E-state index in [0.29, 0.717) is 17.8 Å². The Morgan fingerprint density at radius 2 is 2.40 bits per heavy atom. The molecule has 1 N–H and O–H groups in total. The van der Waals surface area contributed by atoms with Gasteiger partial charge in [0.2, 0.25) is 0 Å². The van der Waals surface area contributed by atoms with Crippen LogP contribution in [0.4, 0.5) is 5.69 Å². The van der Waals surface area contributed by atoms with Gasteiger partial charge < -0.3 is 15.0 Å². The summed E-state index contributed by atoms with van der Waals surface area (Å²) in [6.07, 6.45) is 4.11. The molecule has 0 bridgehead atoms. The quantitative estimate of drug-likeness (QED) is 0.832. The maximum Gasteiger partial charge on any atom is 0.356 e. The Labute approximate surface area is 120 Å². The predicted molar refractivity (Wildman–Crippen MR) is 79.1 cm³/mol. The molecule has 1 aliphatic rings. The van der Waals surface area contributed by atoms with Crippen LogP contribution in [0.1, 0.15) is 37.2 Å². The standard InChI is InChI=1S/C15H23N3O2/c1-11(2)18(10-12-5-4-7-16-12)13-6-8-17-14(9-13)15(19)20-3/h6,8-9,11-12,16H,4-5,7,10H2,1-3H3. The topological polar surface area (TPSA) is 54.5 Å². The summed E-state index contributed by atoms with van der Waals surface area (Å²) in [6, 6.07) is 4.64. The molecule has 1 unspecified atom stereocenters. The zero-order valence-electron chi connectivity index (χ0n) is 12.4. The first kappa shape index (κ1) is 14.8. The Bertz CT molecular complexity index is 456. The van der Waals surface area contributed by atoms with Crippen molar-refractivity contribution in [2.24, 2.45) is 0 Å². The SMILES string of the molecule is COC(=O)c1cc(N(CC2CCCN2)C(C)C)ccn1. The predicted octanol–water partition coefficient (Wildman–Crippen LogP) is 1.83. The van der Waals surface area contributed by atoms with Gasteiger partial charge in [0, 0.05) is 30.5 Å². The minimum absolute atomic E-state index is 0.357. The van der Waals surface area contributed by atoms with Crippen molar-refractivity contribution in [2.75, 3.05) is 25.1 Å². The summed E-state index contributed by atoms with van der Waals surface area (Å²) in [4.78, 5) is 18.0. The summed E-state index contributed by atoms with van der Waals surface area (Å²) < 4.78 is 4.73. The Hall–Kier alpha value is -1.62. The van der Waals surface area contributed by atoms with E-state index in [-0.39, 0.29) is 0 Å². The maximum absolute atomic E-state index is 11.6. The van der Waals surface area contributed by atoms with Crippen LogP contribution in [0.5, 0.6) is 0 Å². The van der Waals surface area contributed by atoms with Crippen LogP contribution in [0.15, 0.2) is 18.3 Å². The van der Waals surface area contributed by atoms with E-state index < -0.39 is 5.97 Å². The van der Waals surface area contributed by atoms with E-state index in [1.807, 2.05) is 6.07 Å². The highest BCUT2D eigenvalue weighted by Gasteiger charge is 2.21. The number of carbonyl (C=O) groups is 1. The van der Waals surface area contributed by atoms with Gasteiger partial charge >= 0.3 is 5.97 Å². The Morgan fingerprint density at radius 3 is 3.00 bits per heavy atom. The van der Waals surface area contributed by atoms with Gasteiger partial charge in [-0.15, -0.1) is 0 Å². The number of methoxy groups -OCH3 is 1. The molecule has 0 aromatic carbocycles. The largest absolute Gasteiger partial charge is 0.464 e. The van der Waals surface area contributed by atoms with E-state index in [0.717, 1.165) is 18.8 Å². The summed E-state index contributed by atoms with van der Waals surface area (Å²) in [5.74, 6) is -0.394. The number of carbonyl (C=O) groups excluding carboxylic acids is 1. The van der Waals surface area contributed by atoms with Crippen molar-refractivity contribution in [3.63, 3.8) is 0 Å². The number of ether oxygens (including phenoxy) is 1. The van der Waals surface area contributed by atoms with Gasteiger partial charge in [0.1, 0.15) is 5.69 Å². The maximum atomic E-state index is 11.6. The number of nitrogens with one attached hydrogen (secondary N) is 1. The summed E-state index contributed by atoms with van der Waals surface area (Å²) in [5, 5.41) is 3.51. The highest BCUT2D eigenvalue weighted by molar-refractivity contribution is 5.88. The second-order valence-electron chi connectivity index (χ2n) is 5.43. The molecule has 5 nitrogen and oxygen atoms in total. The van der Waals surface area contributed by atoms with Crippen LogP contribution in [0.2, 0.25) is 0 Å². The smallest absolute Gasteiger partial charge is 0.356 e. The molecule has 1 aliphatic heterocycles. The highest BCUT2D eigenvalue weighted by Crippen LogP contribution is 2.20. The van der Waals surface area contributed by atoms with E-state index in [9.17, 15) is 4.79 Å². The molecule has 2 rings (SSSR count). The van der Waals surface area contributed by atoms with Gasteiger partial charge in [-0.05, 0) is 45.4 Å². The number of hydrogen-bond acceptors (Lipinski definition) is 5. The molecular formula is C15H23N3O2. The zero-order chi connectivity index (χ0) is 14.5. The lowest BCUT2D eigenvalue weighted by Gasteiger charge is -2.31. The molecular weight excluding hydrogens is 254 g/mol. The number of hydrogen-bond donors (Lipinski definition) is 1. The summed E-state index contributed by atoms with van der Waals surface area (Å²) in [5.41, 5.74) is 1.37. The minimum atomic E-state index is -0.394. The van der Waals surface area contributed by atoms with Gasteiger partial charge in [-0.25, -0.2) is 9.78 Å². The van der Waals surface area contributed by atoms with Gasteiger partial charge in [-0.3, -0.25) is 0 Å². The van der Waals surface area contributed by atoms with Crippen molar-refractivity contribution in [1.29, 1.82) is 0 Å². The lowest BCUT2D eigenvalue weighted by atomic mass is 10.1. The minimum Gasteiger partial charge on any atom is -0.464 e. The van der Waals surface area contributed by atoms with Crippen LogP contribution >= 0.6 is 0 Å². The molecule has 0 aliphatic carbocycles. The summed E-state index contributed by atoms with van der Waals surface area (Å²) >= 11 is 0. The van der Waals surface area contributed by atoms with Gasteiger partial charge in [0.25, 0.3) is 0 Å². The monoisotopic (exact) mass is 277 g/mol. The lowest BCUT2D eigenvalue weighted by Crippen LogP contribution is -2.41. The molecule has 0 spiro atoms. The normalized spacial score (nSPS) is 18.3. The molecule has 5 heteroatoms. The van der Waals surface area contributed by atoms with Gasteiger partial charge in [-0.1, -0.05) is 0 Å². The average Bonchev–Trinajstić information content (AvgIpc) is 2.96. The lowest BCUT2D eigenvalue weighted by molar-refractivity contribution is 0.0594. The molecule has 1 saturated heterocycles. The molecule has 20 heavy (non-hydrogen) atoms. The van der Waals surface area contributed by atoms with Gasteiger partial charge in [-0.2, -0.15) is 0 Å². The van der Waals surface area contributed by atoms with Crippen molar-refractivity contribution < 1.29 is 9.53 Å². The highest BCUT2D eigenvalue weighted by atomic mass is 16.5. The summed E-state index contributed by atoms with van der Waals surface area (Å²) in [6.45, 7) is 6.36. The Morgan fingerprint density at radius 1 is 1.60 bits per heavy atom. The van der Waals surface area contributed by atoms with E-state index in [1.54, 1.807) is 12.3 Å². The fourth-order valence-electron chi connectivity index (χ4n) is 2.58. The number of esters is 1. The first-order chi connectivity index (χ1) is 9.61. The van der Waals surface area contributed by atoms with Gasteiger partial charge in [0.05, 0.1) is 7.11 Å². The van der Waals surface area contributed by atoms with E-state index in [1.165, 1.54) is 20.0 Å². The van der Waals surface area contributed by atoms with Crippen molar-refractivity contribution in [1.82, 2.24) is 10.3 Å². The average molecular weight is 277 g/mol. The molecule has 0 radical (unpaired) electrons. The number of rotatable bonds is 5. The third-order valence-electron chi connectivity index (χ3n) is 3.67. The summed E-state index contributed by atoms with van der Waals surface area (Å²) in [7, 11) is 1.37. The molecule has 2 heterocycles. The van der Waals surface area contributed by atoms with E-state index in [4.69, 9.17) is 4.74 Å². The van der Waals surface area contributed by atoms with Gasteiger partial charge in [0.15, 0.2) is 0 Å². The zero-order valence-corrected chi connectivity index (χ0v) is 12.4. The van der Waals surface area contributed by atoms with Crippen molar-refractivity contribution in [2.45, 2.75) is 38.8 Å². The molecule has 0 amide bonds. The third kappa shape index (κ3) is 3.48. The Balaban J connectivity index is 2.17. The fourth-order valence-corrected chi connectivity index (χ4v) is 2.58. The number of nitrogens with zero attached hydrogens (tertiary/aromatic N) is 2. The van der Waals surface area contributed by atoms with Crippen LogP contribution in [0.3, 0.4) is 0 Å². The molecule has 1 fully saturated rings. The van der Waals surface area contributed by atoms with Crippen LogP contribution in [0.25, 0.3) is 0 Å². The van der Waals surface area contributed by atoms with Crippen molar-refractivity contribution in [3.8, 4) is 0 Å². The molecule has 1 aromatic rings. The van der Waals surface area contributed by atoms with Crippen molar-refractivity contribution in [3.05, 3.63) is 24.0 Å². The second kappa shape index (κ2) is 6.70. The first-order valence-electron chi connectivity index (χ1n) is 7.16. The first-order valence-corrected chi connectivity index (χ1v) is 7.16. The van der Waals surface area contributed by atoms with Crippen LogP contribution in [0, 0.1) is 0 Å². The van der Waals surface area contributed by atoms with Crippen LogP contribution in [-0.4, -0.2) is 43.2 Å². The fraction of sp³-hybridized carbons (Fsp3) is 0.600. The molecule has 1 aromatic heterocycles. The van der Waals surface area contributed by atoms with E-state index in [2.05, 4.69) is 29.0 Å². The second-order valence-corrected chi connectivity index (χ2v) is 5.43. The molecule has 110 valence electrons. The number of anilines is 1. The molecule has 1 atom stereocenters. The van der Waals surface area contributed by atoms with E-state index >= 15 is 0 Å². The Kier molecular flexibility index (Phi) is 4.95. The number of aromatic nitrogens is 1. The third-order valence-corrected chi connectivity index (χ3v) is 3.67. The van der Waals surface area contributed by atoms with Crippen LogP contribution in [-0.2, 0) is 4.74 Å². The van der Waals surface area contributed by atoms with Crippen molar-refractivity contribution >= 4 is 11.7 Å². The molecule has 0 saturated carbocycles. The van der Waals surface area contributed by atoms with Crippen LogP contribution < -0.4 is 10.2 Å². The number of pyridine rings is 1.